The average molecular weight is 331 g/mol. The SMILES string of the molecule is CCC/C=C1\[C@H](O)C[C@](O)(CO)C[C@H]1O[Si](C)(C)C(C)(C)C. The lowest BCUT2D eigenvalue weighted by Crippen LogP contribution is -2.53. The summed E-state index contributed by atoms with van der Waals surface area (Å²) in [6.07, 6.45) is 3.42. The molecule has 1 fully saturated rings. The first kappa shape index (κ1) is 19.8. The van der Waals surface area contributed by atoms with Gasteiger partial charge in [0.2, 0.25) is 0 Å². The number of aliphatic hydroxyl groups excluding tert-OH is 2. The van der Waals surface area contributed by atoms with Crippen LogP contribution in [-0.2, 0) is 4.43 Å². The highest BCUT2D eigenvalue weighted by Gasteiger charge is 2.46. The number of hydrogen-bond donors (Lipinski definition) is 3. The molecular weight excluding hydrogens is 296 g/mol. The summed E-state index contributed by atoms with van der Waals surface area (Å²) in [5.41, 5.74) is -0.375. The van der Waals surface area contributed by atoms with E-state index in [4.69, 9.17) is 4.43 Å². The van der Waals surface area contributed by atoms with E-state index in [0.29, 0.717) is 6.42 Å². The molecule has 0 aromatic rings. The van der Waals surface area contributed by atoms with Crippen LogP contribution in [0.4, 0.5) is 0 Å². The fourth-order valence-electron chi connectivity index (χ4n) is 2.59. The van der Waals surface area contributed by atoms with Gasteiger partial charge in [0, 0.05) is 12.8 Å². The Hall–Kier alpha value is -0.203. The average Bonchev–Trinajstić information content (AvgIpc) is 2.36. The van der Waals surface area contributed by atoms with Gasteiger partial charge in [0.05, 0.1) is 24.4 Å². The van der Waals surface area contributed by atoms with Crippen LogP contribution >= 0.6 is 0 Å². The van der Waals surface area contributed by atoms with E-state index in [9.17, 15) is 15.3 Å². The van der Waals surface area contributed by atoms with Gasteiger partial charge in [-0.1, -0.05) is 40.2 Å². The first-order valence-electron chi connectivity index (χ1n) is 8.35. The molecule has 3 atom stereocenters. The molecule has 0 amide bonds. The molecule has 3 N–H and O–H groups in total. The maximum Gasteiger partial charge on any atom is 0.192 e. The summed E-state index contributed by atoms with van der Waals surface area (Å²) in [4.78, 5) is 0. The Balaban J connectivity index is 3.07. The summed E-state index contributed by atoms with van der Waals surface area (Å²) in [5, 5.41) is 30.4. The molecule has 0 aliphatic heterocycles. The molecule has 1 saturated carbocycles. The van der Waals surface area contributed by atoms with Crippen molar-refractivity contribution >= 4 is 8.32 Å². The predicted molar refractivity (Wildman–Crippen MR) is 92.3 cm³/mol. The summed E-state index contributed by atoms with van der Waals surface area (Å²) in [7, 11) is -2.02. The van der Waals surface area contributed by atoms with Crippen molar-refractivity contribution in [3.05, 3.63) is 11.6 Å². The van der Waals surface area contributed by atoms with E-state index in [1.54, 1.807) is 0 Å². The Labute approximate surface area is 136 Å². The Morgan fingerprint density at radius 3 is 2.36 bits per heavy atom. The van der Waals surface area contributed by atoms with E-state index in [-0.39, 0.29) is 24.2 Å². The van der Waals surface area contributed by atoms with Crippen molar-refractivity contribution in [1.82, 2.24) is 0 Å². The van der Waals surface area contributed by atoms with Crippen LogP contribution in [0, 0.1) is 0 Å². The monoisotopic (exact) mass is 330 g/mol. The van der Waals surface area contributed by atoms with Crippen LogP contribution in [0.1, 0.15) is 53.4 Å². The van der Waals surface area contributed by atoms with Crippen molar-refractivity contribution < 1.29 is 19.7 Å². The van der Waals surface area contributed by atoms with Gasteiger partial charge in [-0.05, 0) is 30.1 Å². The first-order valence-corrected chi connectivity index (χ1v) is 11.3. The summed E-state index contributed by atoms with van der Waals surface area (Å²) >= 11 is 0. The van der Waals surface area contributed by atoms with Crippen molar-refractivity contribution in [2.45, 2.75) is 89.3 Å². The molecule has 1 aliphatic rings. The van der Waals surface area contributed by atoms with Crippen LogP contribution < -0.4 is 0 Å². The maximum absolute atomic E-state index is 10.5. The standard InChI is InChI=1S/C17H34O4Si/c1-7-8-9-13-14(19)10-17(20,12-18)11-15(13)21-22(5,6)16(2,3)4/h9,14-15,18-20H,7-8,10-12H2,1-6H3/b13-9+/t14-,15-,17-/m1/s1. The van der Waals surface area contributed by atoms with Crippen molar-refractivity contribution in [2.75, 3.05) is 6.61 Å². The van der Waals surface area contributed by atoms with Gasteiger partial charge in [0.25, 0.3) is 0 Å². The lowest BCUT2D eigenvalue weighted by molar-refractivity contribution is -0.0879. The van der Waals surface area contributed by atoms with Crippen LogP contribution in [0.3, 0.4) is 0 Å². The molecule has 0 aromatic heterocycles. The third-order valence-electron chi connectivity index (χ3n) is 5.10. The van der Waals surface area contributed by atoms with Gasteiger partial charge in [-0.25, -0.2) is 0 Å². The number of rotatable bonds is 5. The van der Waals surface area contributed by atoms with Crippen LogP contribution in [0.25, 0.3) is 0 Å². The molecule has 0 unspecified atom stereocenters. The molecule has 1 aliphatic carbocycles. The topological polar surface area (TPSA) is 69.9 Å². The molecule has 130 valence electrons. The fourth-order valence-corrected chi connectivity index (χ4v) is 3.87. The van der Waals surface area contributed by atoms with Crippen molar-refractivity contribution in [3.63, 3.8) is 0 Å². The van der Waals surface area contributed by atoms with E-state index in [0.717, 1.165) is 18.4 Å². The van der Waals surface area contributed by atoms with Gasteiger partial charge in [0.1, 0.15) is 0 Å². The predicted octanol–water partition coefficient (Wildman–Crippen LogP) is 2.98. The summed E-state index contributed by atoms with van der Waals surface area (Å²) in [5.74, 6) is 0. The second-order valence-electron chi connectivity index (χ2n) is 8.17. The van der Waals surface area contributed by atoms with E-state index >= 15 is 0 Å². The summed E-state index contributed by atoms with van der Waals surface area (Å²) in [6.45, 7) is 12.6. The van der Waals surface area contributed by atoms with Gasteiger partial charge < -0.3 is 19.7 Å². The maximum atomic E-state index is 10.5. The Bertz CT molecular complexity index is 400. The zero-order chi connectivity index (χ0) is 17.2. The molecule has 0 heterocycles. The van der Waals surface area contributed by atoms with E-state index in [1.165, 1.54) is 0 Å². The van der Waals surface area contributed by atoms with E-state index in [2.05, 4.69) is 46.9 Å². The molecule has 1 rings (SSSR count). The lowest BCUT2D eigenvalue weighted by atomic mass is 9.78. The van der Waals surface area contributed by atoms with Gasteiger partial charge in [-0.3, -0.25) is 0 Å². The highest BCUT2D eigenvalue weighted by molar-refractivity contribution is 6.74. The zero-order valence-corrected chi connectivity index (χ0v) is 16.0. The van der Waals surface area contributed by atoms with Crippen LogP contribution in [0.5, 0.6) is 0 Å². The second kappa shape index (κ2) is 7.14. The number of allylic oxidation sites excluding steroid dienone is 1. The van der Waals surface area contributed by atoms with Crippen molar-refractivity contribution in [1.29, 1.82) is 0 Å². The minimum absolute atomic E-state index is 0.0581. The quantitative estimate of drug-likeness (QED) is 0.535. The fraction of sp³-hybridized carbons (Fsp3) is 0.882. The normalized spacial score (nSPS) is 32.5. The molecule has 0 saturated heterocycles. The Morgan fingerprint density at radius 1 is 1.32 bits per heavy atom. The van der Waals surface area contributed by atoms with Crippen molar-refractivity contribution in [2.24, 2.45) is 0 Å². The van der Waals surface area contributed by atoms with Gasteiger partial charge in [-0.2, -0.15) is 0 Å². The molecule has 0 aromatic carbocycles. The van der Waals surface area contributed by atoms with Crippen LogP contribution in [-0.4, -0.2) is 48.1 Å². The number of aliphatic hydroxyl groups is 3. The van der Waals surface area contributed by atoms with Crippen LogP contribution in [0.15, 0.2) is 11.6 Å². The van der Waals surface area contributed by atoms with Gasteiger partial charge >= 0.3 is 0 Å². The Morgan fingerprint density at radius 2 is 1.91 bits per heavy atom. The minimum Gasteiger partial charge on any atom is -0.410 e. The van der Waals surface area contributed by atoms with Crippen molar-refractivity contribution in [3.8, 4) is 0 Å². The first-order chi connectivity index (χ1) is 9.96. The molecule has 22 heavy (non-hydrogen) atoms. The number of unbranched alkanes of at least 4 members (excludes halogenated alkanes) is 1. The smallest absolute Gasteiger partial charge is 0.192 e. The van der Waals surface area contributed by atoms with Gasteiger partial charge in [-0.15, -0.1) is 0 Å². The molecule has 5 heteroatoms. The largest absolute Gasteiger partial charge is 0.410 e. The molecule has 4 nitrogen and oxygen atoms in total. The van der Waals surface area contributed by atoms with Gasteiger partial charge in [0.15, 0.2) is 8.32 Å². The van der Waals surface area contributed by atoms with E-state index in [1.807, 2.05) is 0 Å². The Kier molecular flexibility index (Phi) is 6.44. The number of hydrogen-bond acceptors (Lipinski definition) is 4. The highest BCUT2D eigenvalue weighted by Crippen LogP contribution is 2.42. The third-order valence-corrected chi connectivity index (χ3v) is 9.59. The third kappa shape index (κ3) is 4.65. The molecule has 0 radical (unpaired) electrons. The second-order valence-corrected chi connectivity index (χ2v) is 12.9. The highest BCUT2D eigenvalue weighted by atomic mass is 28.4. The van der Waals surface area contributed by atoms with Crippen LogP contribution in [0.2, 0.25) is 18.1 Å². The van der Waals surface area contributed by atoms with E-state index < -0.39 is 20.0 Å². The molecular formula is C17H34O4Si. The summed E-state index contributed by atoms with van der Waals surface area (Å²) < 4.78 is 6.46. The molecule has 0 bridgehead atoms. The lowest BCUT2D eigenvalue weighted by Gasteiger charge is -2.46. The molecule has 0 spiro atoms. The summed E-state index contributed by atoms with van der Waals surface area (Å²) in [6, 6.07) is 0. The zero-order valence-electron chi connectivity index (χ0n) is 15.0. The minimum atomic E-state index is -2.02.